The van der Waals surface area contributed by atoms with Crippen molar-refractivity contribution in [1.29, 1.82) is 5.26 Å². The number of likely N-dealkylation sites (tertiary alicyclic amines) is 1. The Labute approximate surface area is 275 Å². The van der Waals surface area contributed by atoms with Gasteiger partial charge in [0.25, 0.3) is 5.91 Å². The third kappa shape index (κ3) is 8.64. The minimum absolute atomic E-state index is 0.0403. The van der Waals surface area contributed by atoms with Crippen LogP contribution in [0.4, 0.5) is 0 Å². The van der Waals surface area contributed by atoms with Crippen molar-refractivity contribution < 1.29 is 14.0 Å². The molecule has 9 heteroatoms. The molecule has 3 N–H and O–H groups in total. The van der Waals surface area contributed by atoms with Gasteiger partial charge in [0, 0.05) is 24.1 Å². The van der Waals surface area contributed by atoms with Gasteiger partial charge in [0.1, 0.15) is 17.6 Å². The predicted octanol–water partition coefficient (Wildman–Crippen LogP) is 6.18. The highest BCUT2D eigenvalue weighted by Gasteiger charge is 2.27. The fourth-order valence-corrected chi connectivity index (χ4v) is 5.76. The van der Waals surface area contributed by atoms with Gasteiger partial charge in [0.15, 0.2) is 0 Å². The van der Waals surface area contributed by atoms with Crippen LogP contribution in [0.5, 0.6) is 0 Å². The van der Waals surface area contributed by atoms with E-state index in [2.05, 4.69) is 72.1 Å². The molecule has 0 bridgehead atoms. The van der Waals surface area contributed by atoms with Gasteiger partial charge in [-0.25, -0.2) is 0 Å². The summed E-state index contributed by atoms with van der Waals surface area (Å²) in [5, 5.41) is 19.0. The molecule has 4 aromatic rings. The number of aryl methyl sites for hydroxylation is 1. The first kappa shape index (κ1) is 33.0. The van der Waals surface area contributed by atoms with Crippen molar-refractivity contribution in [1.82, 2.24) is 20.9 Å². The van der Waals surface area contributed by atoms with E-state index in [4.69, 9.17) is 16.0 Å². The summed E-state index contributed by atoms with van der Waals surface area (Å²) in [4.78, 5) is 29.4. The highest BCUT2D eigenvalue weighted by atomic mass is 35.5. The Morgan fingerprint density at radius 3 is 2.43 bits per heavy atom. The van der Waals surface area contributed by atoms with Crippen LogP contribution in [0.25, 0.3) is 11.3 Å². The molecule has 2 unspecified atom stereocenters. The van der Waals surface area contributed by atoms with E-state index in [1.54, 1.807) is 36.4 Å². The Kier molecular flexibility index (Phi) is 10.9. The average molecular weight is 638 g/mol. The number of carbonyl (C=O) groups is 2. The first-order chi connectivity index (χ1) is 22.2. The SMILES string of the molecule is Cc1ccc(C(C)NCc2ccc(-c3ccc(Cl)c(C(=O)NC(Cc4ccc(C#N)cc4)C(=O)NC4CCN(C)CC4)c3)o2)cc1. The lowest BCUT2D eigenvalue weighted by Crippen LogP contribution is -2.52. The van der Waals surface area contributed by atoms with Crippen molar-refractivity contribution in [3.8, 4) is 17.4 Å². The van der Waals surface area contributed by atoms with E-state index >= 15 is 0 Å². The summed E-state index contributed by atoms with van der Waals surface area (Å²) in [6, 6.07) is 25.9. The Hall–Kier alpha value is -4.42. The minimum Gasteiger partial charge on any atom is -0.460 e. The number of nitriles is 1. The maximum absolute atomic E-state index is 13.7. The molecular weight excluding hydrogens is 598 g/mol. The minimum atomic E-state index is -0.836. The summed E-state index contributed by atoms with van der Waals surface area (Å²) >= 11 is 6.52. The zero-order chi connectivity index (χ0) is 32.6. The summed E-state index contributed by atoms with van der Waals surface area (Å²) in [6.45, 7) is 6.52. The Morgan fingerprint density at radius 2 is 1.74 bits per heavy atom. The number of nitrogens with one attached hydrogen (secondary N) is 3. The van der Waals surface area contributed by atoms with Crippen molar-refractivity contribution in [2.45, 2.75) is 57.8 Å². The van der Waals surface area contributed by atoms with Gasteiger partial charge < -0.3 is 25.3 Å². The molecule has 238 valence electrons. The smallest absolute Gasteiger partial charge is 0.253 e. The number of furan rings is 1. The molecular formula is C37H40ClN5O3. The molecule has 0 radical (unpaired) electrons. The first-order valence-corrected chi connectivity index (χ1v) is 16.0. The lowest BCUT2D eigenvalue weighted by molar-refractivity contribution is -0.124. The van der Waals surface area contributed by atoms with Gasteiger partial charge >= 0.3 is 0 Å². The second-order valence-electron chi connectivity index (χ2n) is 12.1. The van der Waals surface area contributed by atoms with Gasteiger partial charge in [-0.3, -0.25) is 9.59 Å². The predicted molar refractivity (Wildman–Crippen MR) is 180 cm³/mol. The summed E-state index contributed by atoms with van der Waals surface area (Å²) in [6.07, 6.45) is 1.96. The quantitative estimate of drug-likeness (QED) is 0.181. The lowest BCUT2D eigenvalue weighted by Gasteiger charge is -2.30. The van der Waals surface area contributed by atoms with Crippen LogP contribution in [0, 0.1) is 18.3 Å². The molecule has 8 nitrogen and oxygen atoms in total. The van der Waals surface area contributed by atoms with Crippen molar-refractivity contribution in [3.63, 3.8) is 0 Å². The fraction of sp³-hybridized carbons (Fsp3) is 0.324. The maximum Gasteiger partial charge on any atom is 0.253 e. The molecule has 0 aliphatic carbocycles. The van der Waals surface area contributed by atoms with Gasteiger partial charge in [-0.1, -0.05) is 53.6 Å². The molecule has 2 amide bonds. The van der Waals surface area contributed by atoms with E-state index in [9.17, 15) is 14.9 Å². The fourth-order valence-electron chi connectivity index (χ4n) is 5.56. The summed E-state index contributed by atoms with van der Waals surface area (Å²) in [5.74, 6) is 0.676. The van der Waals surface area contributed by atoms with Crippen LogP contribution in [-0.2, 0) is 17.8 Å². The summed E-state index contributed by atoms with van der Waals surface area (Å²) in [5.41, 5.74) is 4.73. The van der Waals surface area contributed by atoms with Crippen molar-refractivity contribution in [3.05, 3.63) is 117 Å². The van der Waals surface area contributed by atoms with E-state index in [-0.39, 0.29) is 35.0 Å². The van der Waals surface area contributed by atoms with Gasteiger partial charge in [-0.15, -0.1) is 0 Å². The molecule has 46 heavy (non-hydrogen) atoms. The standard InChI is InChI=1S/C37H40ClN5O3/c1-24-4-10-28(11-5-24)25(2)40-23-31-13-15-35(46-31)29-12-14-33(38)32(21-29)36(44)42-34(20-26-6-8-27(22-39)9-7-26)37(45)41-30-16-18-43(3)19-17-30/h4-15,21,25,30,34,40H,16-20,23H2,1-3H3,(H,41,45)(H,42,44). The topological polar surface area (TPSA) is 110 Å². The van der Waals surface area contributed by atoms with Crippen LogP contribution in [0.15, 0.2) is 83.3 Å². The number of hydrogen-bond acceptors (Lipinski definition) is 6. The highest BCUT2D eigenvalue weighted by molar-refractivity contribution is 6.34. The molecule has 0 saturated carbocycles. The summed E-state index contributed by atoms with van der Waals surface area (Å²) in [7, 11) is 2.07. The molecule has 1 saturated heterocycles. The van der Waals surface area contributed by atoms with Gasteiger partial charge in [-0.2, -0.15) is 5.26 Å². The normalized spacial score (nSPS) is 15.1. The number of benzene rings is 3. The number of rotatable bonds is 11. The molecule has 1 aliphatic heterocycles. The van der Waals surface area contributed by atoms with Crippen molar-refractivity contribution in [2.75, 3.05) is 20.1 Å². The second kappa shape index (κ2) is 15.2. The number of halogens is 1. The van der Waals surface area contributed by atoms with E-state index in [1.807, 2.05) is 18.2 Å². The van der Waals surface area contributed by atoms with E-state index in [1.165, 1.54) is 11.1 Å². The molecule has 5 rings (SSSR count). The van der Waals surface area contributed by atoms with Crippen LogP contribution < -0.4 is 16.0 Å². The second-order valence-corrected chi connectivity index (χ2v) is 12.5. The number of amides is 2. The van der Waals surface area contributed by atoms with E-state index < -0.39 is 11.9 Å². The number of piperidine rings is 1. The Balaban J connectivity index is 1.28. The van der Waals surface area contributed by atoms with Crippen LogP contribution >= 0.6 is 11.6 Å². The third-order valence-corrected chi connectivity index (χ3v) is 8.86. The number of carbonyl (C=O) groups excluding carboxylic acids is 2. The molecule has 2 heterocycles. The lowest BCUT2D eigenvalue weighted by atomic mass is 10.0. The van der Waals surface area contributed by atoms with Crippen LogP contribution in [-0.4, -0.2) is 48.9 Å². The van der Waals surface area contributed by atoms with Crippen molar-refractivity contribution in [2.24, 2.45) is 0 Å². The third-order valence-electron chi connectivity index (χ3n) is 8.53. The van der Waals surface area contributed by atoms with Crippen LogP contribution in [0.1, 0.15) is 64.2 Å². The van der Waals surface area contributed by atoms with Crippen LogP contribution in [0.2, 0.25) is 5.02 Å². The number of nitrogens with zero attached hydrogens (tertiary/aromatic N) is 2. The maximum atomic E-state index is 13.7. The summed E-state index contributed by atoms with van der Waals surface area (Å²) < 4.78 is 6.13. The van der Waals surface area contributed by atoms with Gasteiger partial charge in [0.05, 0.1) is 28.8 Å². The molecule has 0 spiro atoms. The van der Waals surface area contributed by atoms with E-state index in [0.717, 1.165) is 37.3 Å². The molecule has 1 aromatic heterocycles. The molecule has 3 aromatic carbocycles. The van der Waals surface area contributed by atoms with E-state index in [0.29, 0.717) is 23.4 Å². The Bertz CT molecular complexity index is 1690. The first-order valence-electron chi connectivity index (χ1n) is 15.7. The van der Waals surface area contributed by atoms with Crippen molar-refractivity contribution >= 4 is 23.4 Å². The van der Waals surface area contributed by atoms with Crippen LogP contribution in [0.3, 0.4) is 0 Å². The molecule has 1 fully saturated rings. The highest BCUT2D eigenvalue weighted by Crippen LogP contribution is 2.28. The zero-order valence-electron chi connectivity index (χ0n) is 26.5. The molecule has 2 atom stereocenters. The van der Waals surface area contributed by atoms with Gasteiger partial charge in [0.2, 0.25) is 5.91 Å². The monoisotopic (exact) mass is 637 g/mol. The zero-order valence-corrected chi connectivity index (χ0v) is 27.2. The largest absolute Gasteiger partial charge is 0.460 e. The molecule has 1 aliphatic rings. The average Bonchev–Trinajstić information content (AvgIpc) is 3.54. The number of hydrogen-bond donors (Lipinski definition) is 3. The Morgan fingerprint density at radius 1 is 1.02 bits per heavy atom. The van der Waals surface area contributed by atoms with Gasteiger partial charge in [-0.05, 0) is 100 Å².